The SMILES string of the molecule is Cc1ccc(N2C(=S)NC(c3ccccn3)C2c2ccc(Sc3ccccc3)o2)cc1C. The van der Waals surface area contributed by atoms with Crippen LogP contribution in [0.25, 0.3) is 0 Å². The molecule has 0 amide bonds. The third kappa shape index (κ3) is 4.04. The first-order valence-corrected chi connectivity index (χ1v) is 11.7. The zero-order valence-electron chi connectivity index (χ0n) is 17.9. The number of aryl methyl sites for hydroxylation is 2. The molecule has 0 radical (unpaired) electrons. The Morgan fingerprint density at radius 1 is 0.938 bits per heavy atom. The topological polar surface area (TPSA) is 41.3 Å². The van der Waals surface area contributed by atoms with Gasteiger partial charge in [0.05, 0.1) is 11.7 Å². The van der Waals surface area contributed by atoms with Crippen LogP contribution in [-0.4, -0.2) is 10.1 Å². The summed E-state index contributed by atoms with van der Waals surface area (Å²) in [5, 5.41) is 5.01. The molecule has 1 N–H and O–H groups in total. The molecule has 1 fully saturated rings. The van der Waals surface area contributed by atoms with Crippen LogP contribution in [0.4, 0.5) is 5.69 Å². The number of anilines is 1. The number of rotatable bonds is 5. The molecule has 2 aromatic carbocycles. The summed E-state index contributed by atoms with van der Waals surface area (Å²) < 4.78 is 6.37. The van der Waals surface area contributed by atoms with Gasteiger partial charge in [-0.25, -0.2) is 0 Å². The Morgan fingerprint density at radius 3 is 2.50 bits per heavy atom. The van der Waals surface area contributed by atoms with E-state index in [0.29, 0.717) is 5.11 Å². The third-order valence-corrected chi connectivity index (χ3v) is 6.97. The van der Waals surface area contributed by atoms with Gasteiger partial charge >= 0.3 is 0 Å². The Morgan fingerprint density at radius 2 is 1.75 bits per heavy atom. The molecular formula is C26H23N3OS2. The van der Waals surface area contributed by atoms with E-state index in [1.165, 1.54) is 11.1 Å². The Kier molecular flexibility index (Phi) is 5.72. The van der Waals surface area contributed by atoms with Crippen molar-refractivity contribution in [2.24, 2.45) is 0 Å². The highest BCUT2D eigenvalue weighted by molar-refractivity contribution is 7.99. The molecule has 0 aliphatic carbocycles. The molecule has 4 aromatic rings. The van der Waals surface area contributed by atoms with E-state index >= 15 is 0 Å². The smallest absolute Gasteiger partial charge is 0.174 e. The third-order valence-electron chi connectivity index (χ3n) is 5.72. The van der Waals surface area contributed by atoms with Gasteiger partial charge in [0.15, 0.2) is 10.2 Å². The number of benzene rings is 2. The number of nitrogens with one attached hydrogen (secondary N) is 1. The molecular weight excluding hydrogens is 434 g/mol. The molecule has 2 atom stereocenters. The van der Waals surface area contributed by atoms with E-state index in [0.717, 1.165) is 27.1 Å². The Balaban J connectivity index is 1.55. The maximum atomic E-state index is 6.37. The summed E-state index contributed by atoms with van der Waals surface area (Å²) in [4.78, 5) is 7.90. The van der Waals surface area contributed by atoms with Crippen molar-refractivity contribution in [3.05, 3.63) is 108 Å². The van der Waals surface area contributed by atoms with Crippen molar-refractivity contribution in [2.45, 2.75) is 35.9 Å². The monoisotopic (exact) mass is 457 g/mol. The lowest BCUT2D eigenvalue weighted by atomic mass is 10.0. The normalized spacial score (nSPS) is 18.1. The molecule has 1 aliphatic heterocycles. The van der Waals surface area contributed by atoms with E-state index < -0.39 is 0 Å². The van der Waals surface area contributed by atoms with Crippen LogP contribution in [0, 0.1) is 13.8 Å². The highest BCUT2D eigenvalue weighted by Gasteiger charge is 2.42. The van der Waals surface area contributed by atoms with Crippen molar-refractivity contribution in [2.75, 3.05) is 4.90 Å². The largest absolute Gasteiger partial charge is 0.452 e. The Hall–Kier alpha value is -3.09. The maximum Gasteiger partial charge on any atom is 0.174 e. The van der Waals surface area contributed by atoms with Crippen LogP contribution in [0.2, 0.25) is 0 Å². The van der Waals surface area contributed by atoms with Gasteiger partial charge in [-0.2, -0.15) is 0 Å². The highest BCUT2D eigenvalue weighted by Crippen LogP contribution is 2.43. The molecule has 160 valence electrons. The standard InChI is InChI=1S/C26H23N3OS2/c1-17-11-12-19(16-18(17)2)29-25(24(28-26(29)31)21-10-6-7-15-27-21)22-13-14-23(30-22)32-20-8-4-3-5-9-20/h3-16,24-25H,1-2H3,(H,28,31). The van der Waals surface area contributed by atoms with Gasteiger partial charge in [-0.05, 0) is 85.7 Å². The van der Waals surface area contributed by atoms with Crippen molar-refractivity contribution >= 4 is 34.8 Å². The van der Waals surface area contributed by atoms with Crippen LogP contribution in [0.1, 0.15) is 34.7 Å². The fourth-order valence-electron chi connectivity index (χ4n) is 3.95. The van der Waals surface area contributed by atoms with Crippen molar-refractivity contribution in [3.63, 3.8) is 0 Å². The number of nitrogens with zero attached hydrogens (tertiary/aromatic N) is 2. The number of hydrogen-bond donors (Lipinski definition) is 1. The molecule has 4 nitrogen and oxygen atoms in total. The fourth-order valence-corrected chi connectivity index (χ4v) is 5.10. The molecule has 1 aliphatic rings. The van der Waals surface area contributed by atoms with Crippen LogP contribution < -0.4 is 10.2 Å². The molecule has 2 aromatic heterocycles. The van der Waals surface area contributed by atoms with E-state index in [4.69, 9.17) is 16.6 Å². The summed E-state index contributed by atoms with van der Waals surface area (Å²) in [7, 11) is 0. The van der Waals surface area contributed by atoms with Gasteiger partial charge in [0.2, 0.25) is 0 Å². The van der Waals surface area contributed by atoms with Crippen molar-refractivity contribution in [1.82, 2.24) is 10.3 Å². The summed E-state index contributed by atoms with van der Waals surface area (Å²) in [6, 6.07) is 26.4. The van der Waals surface area contributed by atoms with Gasteiger partial charge in [-0.3, -0.25) is 4.98 Å². The predicted octanol–water partition coefficient (Wildman–Crippen LogP) is 6.62. The Labute approximate surface area is 197 Å². The summed E-state index contributed by atoms with van der Waals surface area (Å²) in [6.45, 7) is 4.24. The average molecular weight is 458 g/mol. The van der Waals surface area contributed by atoms with Gasteiger partial charge in [0.25, 0.3) is 0 Å². The molecule has 1 saturated heterocycles. The Bertz CT molecular complexity index is 1240. The van der Waals surface area contributed by atoms with E-state index in [2.05, 4.69) is 65.4 Å². The summed E-state index contributed by atoms with van der Waals surface area (Å²) in [5.74, 6) is 0.852. The first-order valence-electron chi connectivity index (χ1n) is 10.5. The van der Waals surface area contributed by atoms with Gasteiger partial charge in [0, 0.05) is 16.8 Å². The van der Waals surface area contributed by atoms with Crippen molar-refractivity contribution in [1.29, 1.82) is 0 Å². The molecule has 6 heteroatoms. The lowest BCUT2D eigenvalue weighted by Crippen LogP contribution is -2.29. The molecule has 3 heterocycles. The second-order valence-electron chi connectivity index (χ2n) is 7.84. The van der Waals surface area contributed by atoms with Crippen LogP contribution in [-0.2, 0) is 0 Å². The molecule has 0 spiro atoms. The zero-order chi connectivity index (χ0) is 22.1. The molecule has 2 unspecified atom stereocenters. The van der Waals surface area contributed by atoms with Crippen LogP contribution in [0.5, 0.6) is 0 Å². The van der Waals surface area contributed by atoms with Crippen LogP contribution in [0.15, 0.2) is 99.5 Å². The van der Waals surface area contributed by atoms with E-state index in [9.17, 15) is 0 Å². The molecule has 0 saturated carbocycles. The number of aromatic nitrogens is 1. The zero-order valence-corrected chi connectivity index (χ0v) is 19.5. The van der Waals surface area contributed by atoms with Gasteiger partial charge in [-0.1, -0.05) is 42.1 Å². The quantitative estimate of drug-likeness (QED) is 0.340. The summed E-state index contributed by atoms with van der Waals surface area (Å²) >= 11 is 7.42. The second-order valence-corrected chi connectivity index (χ2v) is 9.30. The summed E-state index contributed by atoms with van der Waals surface area (Å²) in [6.07, 6.45) is 1.81. The van der Waals surface area contributed by atoms with Crippen molar-refractivity contribution < 1.29 is 4.42 Å². The van der Waals surface area contributed by atoms with Crippen molar-refractivity contribution in [3.8, 4) is 0 Å². The van der Waals surface area contributed by atoms with Crippen LogP contribution in [0.3, 0.4) is 0 Å². The first kappa shape index (κ1) is 20.8. The molecule has 32 heavy (non-hydrogen) atoms. The highest BCUT2D eigenvalue weighted by atomic mass is 32.2. The van der Waals surface area contributed by atoms with Gasteiger partial charge in [0.1, 0.15) is 11.8 Å². The maximum absolute atomic E-state index is 6.37. The predicted molar refractivity (Wildman–Crippen MR) is 133 cm³/mol. The second kappa shape index (κ2) is 8.81. The minimum Gasteiger partial charge on any atom is -0.452 e. The van der Waals surface area contributed by atoms with Crippen LogP contribution >= 0.6 is 24.0 Å². The number of furan rings is 1. The van der Waals surface area contributed by atoms with Gasteiger partial charge in [-0.15, -0.1) is 0 Å². The van der Waals surface area contributed by atoms with Gasteiger partial charge < -0.3 is 14.6 Å². The lowest BCUT2D eigenvalue weighted by molar-refractivity contribution is 0.383. The molecule has 5 rings (SSSR count). The van der Waals surface area contributed by atoms with E-state index in [1.54, 1.807) is 11.8 Å². The minimum atomic E-state index is -0.148. The lowest BCUT2D eigenvalue weighted by Gasteiger charge is -2.26. The first-order chi connectivity index (χ1) is 15.6. The number of pyridine rings is 1. The minimum absolute atomic E-state index is 0.119. The molecule has 0 bridgehead atoms. The van der Waals surface area contributed by atoms with E-state index in [-0.39, 0.29) is 12.1 Å². The fraction of sp³-hybridized carbons (Fsp3) is 0.154. The average Bonchev–Trinajstić information content (AvgIpc) is 3.41. The number of thiocarbonyl (C=S) groups is 1. The van der Waals surface area contributed by atoms with E-state index in [1.807, 2.05) is 48.7 Å². The number of hydrogen-bond acceptors (Lipinski definition) is 4. The summed E-state index contributed by atoms with van der Waals surface area (Å²) in [5.41, 5.74) is 4.46.